The molecule has 1 fully saturated rings. The van der Waals surface area contributed by atoms with E-state index in [4.69, 9.17) is 11.6 Å². The van der Waals surface area contributed by atoms with Crippen LogP contribution in [0.5, 0.6) is 0 Å². The summed E-state index contributed by atoms with van der Waals surface area (Å²) in [6, 6.07) is 3.70. The number of Topliss-reactive ketones (excluding diaryl/α,β-unsaturated/α-hetero) is 1. The average Bonchev–Trinajstić information content (AvgIpc) is 2.31. The van der Waals surface area contributed by atoms with Gasteiger partial charge in [-0.3, -0.25) is 4.79 Å². The zero-order valence-electron chi connectivity index (χ0n) is 10.3. The van der Waals surface area contributed by atoms with E-state index in [9.17, 15) is 18.0 Å². The fourth-order valence-electron chi connectivity index (χ4n) is 2.50. The van der Waals surface area contributed by atoms with Gasteiger partial charge in [-0.15, -0.1) is 0 Å². The van der Waals surface area contributed by atoms with Gasteiger partial charge in [0.2, 0.25) is 5.92 Å². The van der Waals surface area contributed by atoms with Crippen molar-refractivity contribution in [2.24, 2.45) is 5.92 Å². The predicted molar refractivity (Wildman–Crippen MR) is 67.3 cm³/mol. The minimum atomic E-state index is -2.66. The Morgan fingerprint density at radius 3 is 2.79 bits per heavy atom. The van der Waals surface area contributed by atoms with E-state index in [-0.39, 0.29) is 41.5 Å². The van der Waals surface area contributed by atoms with Crippen molar-refractivity contribution >= 4 is 17.4 Å². The van der Waals surface area contributed by atoms with Crippen LogP contribution in [0.3, 0.4) is 0 Å². The van der Waals surface area contributed by atoms with Gasteiger partial charge in [0.1, 0.15) is 5.82 Å². The van der Waals surface area contributed by atoms with Crippen molar-refractivity contribution in [1.82, 2.24) is 0 Å². The molecule has 1 aromatic carbocycles. The van der Waals surface area contributed by atoms with Crippen LogP contribution in [0, 0.1) is 11.7 Å². The molecule has 1 unspecified atom stereocenters. The molecule has 0 aliphatic heterocycles. The highest BCUT2D eigenvalue weighted by Gasteiger charge is 2.36. The van der Waals surface area contributed by atoms with Gasteiger partial charge in [0.25, 0.3) is 0 Å². The topological polar surface area (TPSA) is 17.1 Å². The molecule has 0 N–H and O–H groups in total. The Morgan fingerprint density at radius 1 is 1.42 bits per heavy atom. The number of hydrogen-bond donors (Lipinski definition) is 0. The molecule has 1 saturated carbocycles. The lowest BCUT2D eigenvalue weighted by molar-refractivity contribution is -0.0521. The monoisotopic (exact) mass is 290 g/mol. The molecule has 1 nitrogen and oxygen atoms in total. The van der Waals surface area contributed by atoms with Crippen LogP contribution in [0.25, 0.3) is 0 Å². The number of carbonyl (C=O) groups excluding carboxylic acids is 1. The van der Waals surface area contributed by atoms with Gasteiger partial charge in [-0.25, -0.2) is 13.2 Å². The van der Waals surface area contributed by atoms with E-state index >= 15 is 0 Å². The standard InChI is InChI=1S/C14H14ClF3O/c15-11-7-10(3-4-12(11)16)13(19)6-9-2-1-5-14(17,18)8-9/h3-4,7,9H,1-2,5-6,8H2. The molecule has 0 bridgehead atoms. The van der Waals surface area contributed by atoms with Gasteiger partial charge in [-0.2, -0.15) is 0 Å². The molecule has 0 heterocycles. The van der Waals surface area contributed by atoms with E-state index < -0.39 is 11.7 Å². The summed E-state index contributed by atoms with van der Waals surface area (Å²) in [5, 5.41) is -0.125. The Kier molecular flexibility index (Phi) is 4.19. The molecule has 104 valence electrons. The second-order valence-electron chi connectivity index (χ2n) is 5.07. The first-order chi connectivity index (χ1) is 8.87. The lowest BCUT2D eigenvalue weighted by Crippen LogP contribution is -2.27. The second kappa shape index (κ2) is 5.53. The number of rotatable bonds is 3. The zero-order chi connectivity index (χ0) is 14.0. The molecule has 0 amide bonds. The van der Waals surface area contributed by atoms with E-state index in [1.54, 1.807) is 0 Å². The summed E-state index contributed by atoms with van der Waals surface area (Å²) in [6.07, 6.45) is 0.802. The summed E-state index contributed by atoms with van der Waals surface area (Å²) in [4.78, 5) is 12.0. The number of carbonyl (C=O) groups is 1. The van der Waals surface area contributed by atoms with Gasteiger partial charge in [0, 0.05) is 24.8 Å². The van der Waals surface area contributed by atoms with E-state index in [0.717, 1.165) is 6.07 Å². The van der Waals surface area contributed by atoms with Crippen molar-refractivity contribution in [2.45, 2.75) is 38.0 Å². The van der Waals surface area contributed by atoms with Crippen molar-refractivity contribution in [3.05, 3.63) is 34.6 Å². The van der Waals surface area contributed by atoms with Crippen LogP contribution in [-0.4, -0.2) is 11.7 Å². The molecule has 0 spiro atoms. The van der Waals surface area contributed by atoms with Gasteiger partial charge in [-0.1, -0.05) is 11.6 Å². The quantitative estimate of drug-likeness (QED) is 0.725. The Bertz CT molecular complexity index is 488. The van der Waals surface area contributed by atoms with Crippen molar-refractivity contribution in [2.75, 3.05) is 0 Å². The van der Waals surface area contributed by atoms with Crippen molar-refractivity contribution < 1.29 is 18.0 Å². The highest BCUT2D eigenvalue weighted by Crippen LogP contribution is 2.38. The molecule has 2 rings (SSSR count). The Morgan fingerprint density at radius 2 is 2.16 bits per heavy atom. The second-order valence-corrected chi connectivity index (χ2v) is 5.48. The van der Waals surface area contributed by atoms with Gasteiger partial charge in [-0.05, 0) is 37.0 Å². The normalized spacial score (nSPS) is 22.2. The summed E-state index contributed by atoms with van der Waals surface area (Å²) in [7, 11) is 0. The first-order valence-electron chi connectivity index (χ1n) is 6.23. The van der Waals surface area contributed by atoms with E-state index in [1.807, 2.05) is 0 Å². The number of alkyl halides is 2. The summed E-state index contributed by atoms with van der Waals surface area (Å²) in [6.45, 7) is 0. The summed E-state index contributed by atoms with van der Waals surface area (Å²) < 4.78 is 39.5. The zero-order valence-corrected chi connectivity index (χ0v) is 11.0. The fraction of sp³-hybridized carbons (Fsp3) is 0.500. The Hall–Kier alpha value is -1.03. The Labute approximate surface area is 114 Å². The van der Waals surface area contributed by atoms with Gasteiger partial charge in [0.15, 0.2) is 5.78 Å². The summed E-state index contributed by atoms with van der Waals surface area (Å²) >= 11 is 5.60. The minimum absolute atomic E-state index is 0.0670. The Balaban J connectivity index is 2.02. The van der Waals surface area contributed by atoms with E-state index in [1.165, 1.54) is 12.1 Å². The molecule has 5 heteroatoms. The summed E-state index contributed by atoms with van der Waals surface area (Å²) in [5.41, 5.74) is 0.278. The molecule has 1 aliphatic carbocycles. The third-order valence-electron chi connectivity index (χ3n) is 3.46. The maximum Gasteiger partial charge on any atom is 0.248 e. The van der Waals surface area contributed by atoms with Crippen LogP contribution in [0.2, 0.25) is 5.02 Å². The lowest BCUT2D eigenvalue weighted by atomic mass is 9.82. The minimum Gasteiger partial charge on any atom is -0.294 e. The molecule has 1 aromatic rings. The maximum atomic E-state index is 13.2. The average molecular weight is 291 g/mol. The van der Waals surface area contributed by atoms with Crippen LogP contribution in [0.1, 0.15) is 42.5 Å². The van der Waals surface area contributed by atoms with Crippen LogP contribution < -0.4 is 0 Å². The number of benzene rings is 1. The number of halogens is 4. The largest absolute Gasteiger partial charge is 0.294 e. The van der Waals surface area contributed by atoms with Gasteiger partial charge < -0.3 is 0 Å². The maximum absolute atomic E-state index is 13.2. The smallest absolute Gasteiger partial charge is 0.248 e. The summed E-state index contributed by atoms with van der Waals surface area (Å²) in [5.74, 6) is -3.82. The molecule has 0 radical (unpaired) electrons. The first kappa shape index (κ1) is 14.4. The number of ketones is 1. The fourth-order valence-corrected chi connectivity index (χ4v) is 2.68. The molecular formula is C14H14ClF3O. The molecule has 1 atom stereocenters. The van der Waals surface area contributed by atoms with Crippen LogP contribution >= 0.6 is 11.6 Å². The highest BCUT2D eigenvalue weighted by molar-refractivity contribution is 6.31. The van der Waals surface area contributed by atoms with E-state index in [0.29, 0.717) is 12.8 Å². The van der Waals surface area contributed by atoms with E-state index in [2.05, 4.69) is 0 Å². The van der Waals surface area contributed by atoms with Crippen molar-refractivity contribution in [3.8, 4) is 0 Å². The number of hydrogen-bond acceptors (Lipinski definition) is 1. The first-order valence-corrected chi connectivity index (χ1v) is 6.61. The molecule has 1 aliphatic rings. The highest BCUT2D eigenvalue weighted by atomic mass is 35.5. The van der Waals surface area contributed by atoms with Crippen molar-refractivity contribution in [1.29, 1.82) is 0 Å². The van der Waals surface area contributed by atoms with Crippen molar-refractivity contribution in [3.63, 3.8) is 0 Å². The lowest BCUT2D eigenvalue weighted by Gasteiger charge is -2.28. The third-order valence-corrected chi connectivity index (χ3v) is 3.75. The SMILES string of the molecule is O=C(CC1CCCC(F)(F)C1)c1ccc(F)c(Cl)c1. The van der Waals surface area contributed by atoms with Crippen LogP contribution in [-0.2, 0) is 0 Å². The predicted octanol–water partition coefficient (Wildman–Crippen LogP) is 4.88. The van der Waals surface area contributed by atoms with Crippen LogP contribution in [0.15, 0.2) is 18.2 Å². The molecule has 19 heavy (non-hydrogen) atoms. The van der Waals surface area contributed by atoms with Crippen LogP contribution in [0.4, 0.5) is 13.2 Å². The molecule has 0 aromatic heterocycles. The van der Waals surface area contributed by atoms with Gasteiger partial charge >= 0.3 is 0 Å². The third kappa shape index (κ3) is 3.72. The van der Waals surface area contributed by atoms with Gasteiger partial charge in [0.05, 0.1) is 5.02 Å². The molecule has 0 saturated heterocycles. The molecular weight excluding hydrogens is 277 g/mol.